The first-order chi connectivity index (χ1) is 6.90. The largest absolute Gasteiger partial charge is 0.398 e. The topological polar surface area (TPSA) is 53.0 Å². The number of nitrogens with two attached hydrogens (primary N) is 1. The summed E-state index contributed by atoms with van der Waals surface area (Å²) in [6.45, 7) is 0. The van der Waals surface area contributed by atoms with Crippen molar-refractivity contribution < 1.29 is 4.39 Å². The highest BCUT2D eigenvalue weighted by molar-refractivity contribution is 9.10. The van der Waals surface area contributed by atoms with Crippen molar-refractivity contribution in [2.24, 2.45) is 0 Å². The molecule has 3 nitrogen and oxygen atoms in total. The van der Waals surface area contributed by atoms with Crippen molar-refractivity contribution in [2.75, 3.05) is 26.9 Å². The van der Waals surface area contributed by atoms with Crippen molar-refractivity contribution in [1.29, 1.82) is 5.26 Å². The molecule has 5 heteroatoms. The van der Waals surface area contributed by atoms with E-state index in [0.717, 1.165) is 0 Å². The van der Waals surface area contributed by atoms with Gasteiger partial charge in [0, 0.05) is 0 Å². The zero-order valence-corrected chi connectivity index (χ0v) is 10.5. The zero-order valence-electron chi connectivity index (χ0n) is 8.88. The molecule has 0 aliphatic carbocycles. The van der Waals surface area contributed by atoms with Crippen LogP contribution in [-0.2, 0) is 0 Å². The number of nitriles is 1. The maximum absolute atomic E-state index is 12.9. The van der Waals surface area contributed by atoms with Gasteiger partial charge in [0.25, 0.3) is 0 Å². The molecule has 0 saturated carbocycles. The van der Waals surface area contributed by atoms with Crippen molar-refractivity contribution in [3.63, 3.8) is 0 Å². The van der Waals surface area contributed by atoms with Crippen LogP contribution in [0.4, 0.5) is 10.1 Å². The van der Waals surface area contributed by atoms with Crippen LogP contribution in [0.3, 0.4) is 0 Å². The van der Waals surface area contributed by atoms with Crippen LogP contribution in [0.5, 0.6) is 0 Å². The van der Waals surface area contributed by atoms with Crippen LogP contribution in [0, 0.1) is 17.1 Å². The summed E-state index contributed by atoms with van der Waals surface area (Å²) in [5, 5.41) is 8.43. The third-order valence-electron chi connectivity index (χ3n) is 1.24. The summed E-state index contributed by atoms with van der Waals surface area (Å²) >= 11 is 2.94. The van der Waals surface area contributed by atoms with E-state index >= 15 is 0 Å². The Morgan fingerprint density at radius 1 is 1.40 bits per heavy atom. The van der Waals surface area contributed by atoms with Crippen molar-refractivity contribution in [3.8, 4) is 6.07 Å². The first-order valence-electron chi connectivity index (χ1n) is 4.14. The van der Waals surface area contributed by atoms with Gasteiger partial charge in [0.1, 0.15) is 11.6 Å². The highest BCUT2D eigenvalue weighted by atomic mass is 79.9. The van der Waals surface area contributed by atoms with Crippen LogP contribution in [0.2, 0.25) is 0 Å². The molecule has 0 unspecified atom stereocenters. The summed E-state index contributed by atoms with van der Waals surface area (Å²) in [6, 6.07) is 4.62. The van der Waals surface area contributed by atoms with E-state index in [1.165, 1.54) is 12.1 Å². The van der Waals surface area contributed by atoms with Crippen molar-refractivity contribution in [1.82, 2.24) is 4.90 Å². The molecule has 0 amide bonds. The van der Waals surface area contributed by atoms with E-state index in [1.54, 1.807) is 6.07 Å². The molecule has 0 fully saturated rings. The Morgan fingerprint density at radius 3 is 2.20 bits per heavy atom. The van der Waals surface area contributed by atoms with Gasteiger partial charge in [0.2, 0.25) is 0 Å². The van der Waals surface area contributed by atoms with E-state index in [4.69, 9.17) is 11.0 Å². The lowest BCUT2D eigenvalue weighted by molar-refractivity contribution is 0.505. The van der Waals surface area contributed by atoms with E-state index in [2.05, 4.69) is 15.9 Å². The first-order valence-corrected chi connectivity index (χ1v) is 4.94. The van der Waals surface area contributed by atoms with Crippen LogP contribution in [0.1, 0.15) is 5.56 Å². The zero-order chi connectivity index (χ0) is 12.0. The SMILES string of the molecule is CN(C)C.N#Cc1c(N)ccc(Br)c1F. The third kappa shape index (κ3) is 4.77. The van der Waals surface area contributed by atoms with Crippen LogP contribution < -0.4 is 5.73 Å². The number of nitrogens with zero attached hydrogens (tertiary/aromatic N) is 2. The van der Waals surface area contributed by atoms with E-state index in [1.807, 2.05) is 26.0 Å². The Hall–Kier alpha value is -1.12. The quantitative estimate of drug-likeness (QED) is 0.738. The van der Waals surface area contributed by atoms with Gasteiger partial charge in [0.15, 0.2) is 5.82 Å². The molecule has 0 heterocycles. The van der Waals surface area contributed by atoms with E-state index in [9.17, 15) is 4.39 Å². The summed E-state index contributed by atoms with van der Waals surface area (Å²) in [5.41, 5.74) is 5.37. The minimum atomic E-state index is -0.604. The number of hydrogen-bond acceptors (Lipinski definition) is 3. The number of halogens is 2. The average Bonchev–Trinajstić information content (AvgIpc) is 2.12. The fourth-order valence-corrected chi connectivity index (χ4v) is 1.01. The van der Waals surface area contributed by atoms with Gasteiger partial charge in [-0.05, 0) is 49.2 Å². The molecule has 0 radical (unpaired) electrons. The van der Waals surface area contributed by atoms with E-state index in [0.29, 0.717) is 0 Å². The minimum absolute atomic E-state index is 0.112. The first kappa shape index (κ1) is 13.9. The lowest BCUT2D eigenvalue weighted by Gasteiger charge is -1.99. The Kier molecular flexibility index (Phi) is 5.90. The van der Waals surface area contributed by atoms with Gasteiger partial charge in [-0.15, -0.1) is 0 Å². The summed E-state index contributed by atoms with van der Waals surface area (Å²) < 4.78 is 13.2. The van der Waals surface area contributed by atoms with Crippen LogP contribution >= 0.6 is 15.9 Å². The molecule has 1 rings (SSSR count). The number of nitrogen functional groups attached to an aromatic ring is 1. The van der Waals surface area contributed by atoms with Crippen molar-refractivity contribution in [2.45, 2.75) is 0 Å². The Balaban J connectivity index is 0.000000423. The minimum Gasteiger partial charge on any atom is -0.398 e. The summed E-state index contributed by atoms with van der Waals surface area (Å²) in [4.78, 5) is 2.00. The number of hydrogen-bond donors (Lipinski definition) is 1. The second-order valence-corrected chi connectivity index (χ2v) is 4.13. The molecule has 0 aliphatic rings. The molecular formula is C10H13BrFN3. The smallest absolute Gasteiger partial charge is 0.157 e. The maximum atomic E-state index is 12.9. The van der Waals surface area contributed by atoms with Gasteiger partial charge in [0.05, 0.1) is 10.2 Å². The Labute approximate surface area is 97.4 Å². The number of benzene rings is 1. The maximum Gasteiger partial charge on any atom is 0.157 e. The average molecular weight is 274 g/mol. The number of anilines is 1. The molecule has 82 valence electrons. The standard InChI is InChI=1S/C7H4BrFN2.C3H9N/c8-5-1-2-6(11)4(3-10)7(5)9;1-4(2)3/h1-2H,11H2;1-3H3. The third-order valence-corrected chi connectivity index (χ3v) is 1.85. The van der Waals surface area contributed by atoms with Crippen LogP contribution in [-0.4, -0.2) is 26.0 Å². The second kappa shape index (κ2) is 6.38. The molecule has 2 N–H and O–H groups in total. The molecule has 0 bridgehead atoms. The van der Waals surface area contributed by atoms with E-state index in [-0.39, 0.29) is 15.7 Å². The molecule has 0 atom stereocenters. The lowest BCUT2D eigenvalue weighted by Crippen LogP contribution is -1.99. The molecule has 0 saturated heterocycles. The molecule has 0 spiro atoms. The highest BCUT2D eigenvalue weighted by Crippen LogP contribution is 2.22. The van der Waals surface area contributed by atoms with Crippen LogP contribution in [0.15, 0.2) is 16.6 Å². The van der Waals surface area contributed by atoms with Gasteiger partial charge < -0.3 is 10.6 Å². The summed E-state index contributed by atoms with van der Waals surface area (Å²) in [5.74, 6) is -0.604. The second-order valence-electron chi connectivity index (χ2n) is 3.28. The van der Waals surface area contributed by atoms with Crippen molar-refractivity contribution >= 4 is 21.6 Å². The fourth-order valence-electron chi connectivity index (χ4n) is 0.679. The predicted molar refractivity (Wildman–Crippen MR) is 62.8 cm³/mol. The van der Waals surface area contributed by atoms with Gasteiger partial charge in [-0.25, -0.2) is 4.39 Å². The summed E-state index contributed by atoms with van der Waals surface area (Å²) in [6.07, 6.45) is 0. The monoisotopic (exact) mass is 273 g/mol. The van der Waals surface area contributed by atoms with E-state index < -0.39 is 5.82 Å². The Bertz CT molecular complexity index is 369. The summed E-state index contributed by atoms with van der Waals surface area (Å²) in [7, 11) is 6.00. The molecule has 1 aromatic carbocycles. The van der Waals surface area contributed by atoms with Crippen molar-refractivity contribution in [3.05, 3.63) is 28.0 Å². The molecule has 15 heavy (non-hydrogen) atoms. The van der Waals surface area contributed by atoms with Gasteiger partial charge in [-0.2, -0.15) is 5.26 Å². The molecule has 0 aromatic heterocycles. The molecular weight excluding hydrogens is 261 g/mol. The lowest BCUT2D eigenvalue weighted by atomic mass is 10.2. The molecule has 0 aliphatic heterocycles. The van der Waals surface area contributed by atoms with Crippen LogP contribution in [0.25, 0.3) is 0 Å². The fraction of sp³-hybridized carbons (Fsp3) is 0.300. The highest BCUT2D eigenvalue weighted by Gasteiger charge is 2.08. The molecule has 1 aromatic rings. The van der Waals surface area contributed by atoms with Gasteiger partial charge in [-0.1, -0.05) is 0 Å². The number of rotatable bonds is 0. The predicted octanol–water partition coefficient (Wildman–Crippen LogP) is 2.22. The normalized spacial score (nSPS) is 9.13. The Morgan fingerprint density at radius 2 is 1.87 bits per heavy atom. The van der Waals surface area contributed by atoms with Gasteiger partial charge >= 0.3 is 0 Å². The van der Waals surface area contributed by atoms with Gasteiger partial charge in [-0.3, -0.25) is 0 Å².